The van der Waals surface area contributed by atoms with Gasteiger partial charge in [0.2, 0.25) is 0 Å². The normalized spacial score (nSPS) is 12.4. The average molecular weight is 336 g/mol. The largest absolute Gasteiger partial charge is 0.307 e. The maximum atomic E-state index is 13.4. The van der Waals surface area contributed by atoms with Gasteiger partial charge in [-0.25, -0.2) is 4.39 Å². The number of hydrogen-bond acceptors (Lipinski definition) is 1. The van der Waals surface area contributed by atoms with E-state index in [9.17, 15) is 4.39 Å². The van der Waals surface area contributed by atoms with Gasteiger partial charge in [0.05, 0.1) is 6.04 Å². The summed E-state index contributed by atoms with van der Waals surface area (Å²) in [5.74, 6) is -0.156. The molecule has 0 fully saturated rings. The summed E-state index contributed by atoms with van der Waals surface area (Å²) >= 11 is 3.52. The van der Waals surface area contributed by atoms with E-state index in [2.05, 4.69) is 53.3 Å². The fraction of sp³-hybridized carbons (Fsp3) is 0.294. The van der Waals surface area contributed by atoms with Crippen LogP contribution < -0.4 is 5.32 Å². The maximum Gasteiger partial charge on any atom is 0.126 e. The number of halogens is 2. The van der Waals surface area contributed by atoms with E-state index in [1.54, 1.807) is 13.0 Å². The Bertz CT molecular complexity index is 558. The van der Waals surface area contributed by atoms with Gasteiger partial charge in [-0.3, -0.25) is 0 Å². The Labute approximate surface area is 128 Å². The van der Waals surface area contributed by atoms with Crippen molar-refractivity contribution < 1.29 is 4.39 Å². The SMILES string of the molecule is CCNC(c1ccc(F)c(C)c1)c1ccc(Br)c(C)c1. The van der Waals surface area contributed by atoms with Gasteiger partial charge >= 0.3 is 0 Å². The Kier molecular flexibility index (Phi) is 4.95. The maximum absolute atomic E-state index is 13.4. The van der Waals surface area contributed by atoms with E-state index < -0.39 is 0 Å². The van der Waals surface area contributed by atoms with E-state index in [1.807, 2.05) is 12.1 Å². The number of aryl methyl sites for hydroxylation is 2. The minimum absolute atomic E-state index is 0.0890. The number of nitrogens with one attached hydrogen (secondary N) is 1. The highest BCUT2D eigenvalue weighted by molar-refractivity contribution is 9.10. The number of hydrogen-bond donors (Lipinski definition) is 1. The van der Waals surface area contributed by atoms with Gasteiger partial charge in [0.15, 0.2) is 0 Å². The molecule has 1 atom stereocenters. The van der Waals surface area contributed by atoms with E-state index in [0.717, 1.165) is 16.6 Å². The first-order chi connectivity index (χ1) is 9.52. The van der Waals surface area contributed by atoms with Crippen LogP contribution in [-0.4, -0.2) is 6.54 Å². The van der Waals surface area contributed by atoms with Crippen LogP contribution in [-0.2, 0) is 0 Å². The molecule has 0 aliphatic carbocycles. The molecule has 0 saturated carbocycles. The zero-order chi connectivity index (χ0) is 14.7. The first kappa shape index (κ1) is 15.2. The monoisotopic (exact) mass is 335 g/mol. The Morgan fingerprint density at radius 3 is 2.20 bits per heavy atom. The Morgan fingerprint density at radius 1 is 1.05 bits per heavy atom. The van der Waals surface area contributed by atoms with E-state index in [4.69, 9.17) is 0 Å². The fourth-order valence-electron chi connectivity index (χ4n) is 2.33. The van der Waals surface area contributed by atoms with Crippen molar-refractivity contribution in [2.24, 2.45) is 0 Å². The Hall–Kier alpha value is -1.19. The number of benzene rings is 2. The van der Waals surface area contributed by atoms with Crippen LogP contribution in [0.25, 0.3) is 0 Å². The lowest BCUT2D eigenvalue weighted by atomic mass is 9.96. The second-order valence-electron chi connectivity index (χ2n) is 5.01. The number of rotatable bonds is 4. The molecule has 0 aliphatic rings. The molecule has 0 aromatic heterocycles. The van der Waals surface area contributed by atoms with Gasteiger partial charge in [0.25, 0.3) is 0 Å². The lowest BCUT2D eigenvalue weighted by molar-refractivity contribution is 0.606. The summed E-state index contributed by atoms with van der Waals surface area (Å²) < 4.78 is 14.5. The smallest absolute Gasteiger partial charge is 0.126 e. The Morgan fingerprint density at radius 2 is 1.65 bits per heavy atom. The molecular formula is C17H19BrFN. The summed E-state index contributed by atoms with van der Waals surface area (Å²) in [6, 6.07) is 11.7. The van der Waals surface area contributed by atoms with Crippen LogP contribution in [0.5, 0.6) is 0 Å². The van der Waals surface area contributed by atoms with Crippen molar-refractivity contribution in [2.45, 2.75) is 26.8 Å². The third kappa shape index (κ3) is 3.28. The van der Waals surface area contributed by atoms with Crippen LogP contribution in [0.2, 0.25) is 0 Å². The molecule has 2 rings (SSSR count). The highest BCUT2D eigenvalue weighted by atomic mass is 79.9. The molecule has 1 N–H and O–H groups in total. The zero-order valence-corrected chi connectivity index (χ0v) is 13.6. The first-order valence-corrected chi connectivity index (χ1v) is 7.57. The molecule has 0 radical (unpaired) electrons. The quantitative estimate of drug-likeness (QED) is 0.837. The Balaban J connectivity index is 2.44. The second-order valence-corrected chi connectivity index (χ2v) is 5.86. The van der Waals surface area contributed by atoms with Crippen LogP contribution in [0.4, 0.5) is 4.39 Å². The molecule has 20 heavy (non-hydrogen) atoms. The summed E-state index contributed by atoms with van der Waals surface area (Å²) in [5.41, 5.74) is 4.16. The minimum Gasteiger partial charge on any atom is -0.307 e. The summed E-state index contributed by atoms with van der Waals surface area (Å²) in [6.07, 6.45) is 0. The van der Waals surface area contributed by atoms with Gasteiger partial charge in [-0.1, -0.05) is 47.1 Å². The lowest BCUT2D eigenvalue weighted by Crippen LogP contribution is -2.22. The van der Waals surface area contributed by atoms with Crippen LogP contribution in [0.3, 0.4) is 0 Å². The molecule has 0 heterocycles. The standard InChI is InChI=1S/C17H19BrFN/c1-4-20-17(13-5-7-15(18)11(2)9-13)14-6-8-16(19)12(3)10-14/h5-10,17,20H,4H2,1-3H3. The van der Waals surface area contributed by atoms with Crippen LogP contribution >= 0.6 is 15.9 Å². The van der Waals surface area contributed by atoms with Crippen molar-refractivity contribution in [3.05, 3.63) is 68.9 Å². The van der Waals surface area contributed by atoms with Crippen LogP contribution in [0, 0.1) is 19.7 Å². The zero-order valence-electron chi connectivity index (χ0n) is 12.0. The van der Waals surface area contributed by atoms with Gasteiger partial charge in [-0.15, -0.1) is 0 Å². The molecule has 0 aliphatic heterocycles. The van der Waals surface area contributed by atoms with Crippen molar-refractivity contribution in [1.29, 1.82) is 0 Å². The van der Waals surface area contributed by atoms with Gasteiger partial charge < -0.3 is 5.32 Å². The predicted molar refractivity (Wildman–Crippen MR) is 85.5 cm³/mol. The highest BCUT2D eigenvalue weighted by Gasteiger charge is 2.14. The van der Waals surface area contributed by atoms with Crippen LogP contribution in [0.15, 0.2) is 40.9 Å². The van der Waals surface area contributed by atoms with E-state index in [1.165, 1.54) is 11.1 Å². The van der Waals surface area contributed by atoms with Gasteiger partial charge in [-0.2, -0.15) is 0 Å². The van der Waals surface area contributed by atoms with Crippen molar-refractivity contribution in [3.8, 4) is 0 Å². The van der Waals surface area contributed by atoms with Gasteiger partial charge in [0, 0.05) is 4.47 Å². The fourth-order valence-corrected chi connectivity index (χ4v) is 2.57. The summed E-state index contributed by atoms with van der Waals surface area (Å²) in [4.78, 5) is 0. The second kappa shape index (κ2) is 6.51. The molecular weight excluding hydrogens is 317 g/mol. The molecule has 0 saturated heterocycles. The van der Waals surface area contributed by atoms with Crippen molar-refractivity contribution in [2.75, 3.05) is 6.54 Å². The highest BCUT2D eigenvalue weighted by Crippen LogP contribution is 2.27. The van der Waals surface area contributed by atoms with Gasteiger partial charge in [0.1, 0.15) is 5.82 Å². The molecule has 2 aromatic rings. The molecule has 106 valence electrons. The first-order valence-electron chi connectivity index (χ1n) is 6.78. The average Bonchev–Trinajstić information content (AvgIpc) is 2.43. The van der Waals surface area contributed by atoms with Crippen molar-refractivity contribution in [3.63, 3.8) is 0 Å². The molecule has 0 amide bonds. The molecule has 1 nitrogen and oxygen atoms in total. The molecule has 1 unspecified atom stereocenters. The van der Waals surface area contributed by atoms with Gasteiger partial charge in [-0.05, 0) is 54.8 Å². The molecule has 3 heteroatoms. The minimum atomic E-state index is -0.156. The van der Waals surface area contributed by atoms with E-state index >= 15 is 0 Å². The van der Waals surface area contributed by atoms with Crippen molar-refractivity contribution >= 4 is 15.9 Å². The summed E-state index contributed by atoms with van der Waals surface area (Å²) in [7, 11) is 0. The topological polar surface area (TPSA) is 12.0 Å². The third-order valence-electron chi connectivity index (χ3n) is 3.44. The summed E-state index contributed by atoms with van der Waals surface area (Å²) in [5, 5.41) is 3.47. The van der Waals surface area contributed by atoms with Crippen LogP contribution in [0.1, 0.15) is 35.2 Å². The molecule has 0 bridgehead atoms. The third-order valence-corrected chi connectivity index (χ3v) is 4.33. The van der Waals surface area contributed by atoms with E-state index in [0.29, 0.717) is 5.56 Å². The predicted octanol–water partition coefficient (Wildman–Crippen LogP) is 4.90. The lowest BCUT2D eigenvalue weighted by Gasteiger charge is -2.20. The molecule has 0 spiro atoms. The van der Waals surface area contributed by atoms with Crippen molar-refractivity contribution in [1.82, 2.24) is 5.32 Å². The van der Waals surface area contributed by atoms with E-state index in [-0.39, 0.29) is 11.9 Å². The molecule has 2 aromatic carbocycles. The summed E-state index contributed by atoms with van der Waals surface area (Å²) in [6.45, 7) is 6.81.